The van der Waals surface area contributed by atoms with Crippen molar-refractivity contribution in [3.8, 4) is 0 Å². The maximum atomic E-state index is 12.5. The second kappa shape index (κ2) is 9.11. The van der Waals surface area contributed by atoms with E-state index in [2.05, 4.69) is 27.4 Å². The Morgan fingerprint density at radius 2 is 2.00 bits per heavy atom. The topological polar surface area (TPSA) is 104 Å². The summed E-state index contributed by atoms with van der Waals surface area (Å²) in [5.74, 6) is -0.0698. The number of aliphatic hydroxyl groups is 3. The summed E-state index contributed by atoms with van der Waals surface area (Å²) in [7, 11) is 0. The Labute approximate surface area is 173 Å². The van der Waals surface area contributed by atoms with E-state index in [9.17, 15) is 19.8 Å². The molecule has 164 valence electrons. The number of allylic oxidation sites excluding steroid dienone is 1. The van der Waals surface area contributed by atoms with Gasteiger partial charge < -0.3 is 20.1 Å². The van der Waals surface area contributed by atoms with Crippen LogP contribution in [0.5, 0.6) is 0 Å². The number of ketones is 1. The molecule has 6 nitrogen and oxygen atoms in total. The Hall–Kier alpha value is -1.50. The zero-order chi connectivity index (χ0) is 22.0. The van der Waals surface area contributed by atoms with Crippen molar-refractivity contribution in [1.29, 1.82) is 0 Å². The van der Waals surface area contributed by atoms with Crippen molar-refractivity contribution in [2.24, 2.45) is 22.7 Å². The summed E-state index contributed by atoms with van der Waals surface area (Å²) >= 11 is 0. The predicted molar refractivity (Wildman–Crippen MR) is 110 cm³/mol. The SMILES string of the molecule is C=C1C(CC/C(C)=C/C(=O)OC[C@H](O)CO)[C@@]2(C)CC(=O)CC(C)(C)[C@H]2C[C@@H]1O. The van der Waals surface area contributed by atoms with Crippen LogP contribution in [0.15, 0.2) is 23.8 Å². The third kappa shape index (κ3) is 5.36. The Kier molecular flexibility index (Phi) is 7.47. The number of esters is 1. The van der Waals surface area contributed by atoms with E-state index >= 15 is 0 Å². The van der Waals surface area contributed by atoms with Gasteiger partial charge >= 0.3 is 5.97 Å². The molecule has 0 bridgehead atoms. The van der Waals surface area contributed by atoms with Gasteiger partial charge in [0.1, 0.15) is 18.5 Å². The van der Waals surface area contributed by atoms with Crippen LogP contribution >= 0.6 is 0 Å². The lowest BCUT2D eigenvalue weighted by Crippen LogP contribution is -2.54. The molecule has 0 aromatic carbocycles. The van der Waals surface area contributed by atoms with Gasteiger partial charge in [-0.3, -0.25) is 4.79 Å². The molecule has 3 N–H and O–H groups in total. The number of fused-ring (bicyclic) bond motifs is 1. The number of aliphatic hydroxyl groups excluding tert-OH is 3. The molecule has 0 radical (unpaired) electrons. The van der Waals surface area contributed by atoms with Gasteiger partial charge in [0.15, 0.2) is 0 Å². The van der Waals surface area contributed by atoms with Gasteiger partial charge in [0, 0.05) is 18.9 Å². The molecular formula is C23H36O6. The monoisotopic (exact) mass is 408 g/mol. The smallest absolute Gasteiger partial charge is 0.330 e. The van der Waals surface area contributed by atoms with E-state index in [4.69, 9.17) is 9.84 Å². The number of hydrogen-bond acceptors (Lipinski definition) is 6. The van der Waals surface area contributed by atoms with Crippen LogP contribution < -0.4 is 0 Å². The Morgan fingerprint density at radius 1 is 1.34 bits per heavy atom. The largest absolute Gasteiger partial charge is 0.460 e. The fraction of sp³-hybridized carbons (Fsp3) is 0.739. The van der Waals surface area contributed by atoms with Crippen LogP contribution in [0.1, 0.15) is 59.8 Å². The zero-order valence-electron chi connectivity index (χ0n) is 18.1. The van der Waals surface area contributed by atoms with Crippen LogP contribution in [0.25, 0.3) is 0 Å². The molecule has 6 heteroatoms. The lowest BCUT2D eigenvalue weighted by atomic mass is 9.46. The van der Waals surface area contributed by atoms with Crippen molar-refractivity contribution in [3.05, 3.63) is 23.8 Å². The first-order valence-corrected chi connectivity index (χ1v) is 10.4. The van der Waals surface area contributed by atoms with Crippen LogP contribution in [0.4, 0.5) is 0 Å². The number of rotatable bonds is 7. The molecule has 0 aromatic heterocycles. The van der Waals surface area contributed by atoms with Crippen molar-refractivity contribution in [3.63, 3.8) is 0 Å². The van der Waals surface area contributed by atoms with E-state index in [0.717, 1.165) is 11.1 Å². The standard InChI is InChI=1S/C23H36O6/c1-14(8-21(28)29-13-17(26)12-24)6-7-18-15(2)19(27)9-20-22(3,4)10-16(25)11-23(18,20)5/h8,17-20,24,26-27H,2,6-7,9-13H2,1,3-5H3/b14-8+/t17-,18?,19+,20-,23-/m1/s1. The number of carbonyl (C=O) groups is 2. The van der Waals surface area contributed by atoms with E-state index < -0.39 is 24.8 Å². The number of Topliss-reactive ketones (excluding diaryl/α,β-unsaturated/α-hetero) is 1. The Morgan fingerprint density at radius 3 is 2.62 bits per heavy atom. The molecule has 2 aliphatic carbocycles. The van der Waals surface area contributed by atoms with Gasteiger partial charge in [-0.2, -0.15) is 0 Å². The molecule has 2 rings (SSSR count). The summed E-state index contributed by atoms with van der Waals surface area (Å²) in [5, 5.41) is 28.7. The van der Waals surface area contributed by atoms with Crippen molar-refractivity contribution in [1.82, 2.24) is 0 Å². The van der Waals surface area contributed by atoms with Crippen molar-refractivity contribution in [2.75, 3.05) is 13.2 Å². The van der Waals surface area contributed by atoms with Gasteiger partial charge in [-0.05, 0) is 54.4 Å². The van der Waals surface area contributed by atoms with Crippen molar-refractivity contribution in [2.45, 2.75) is 72.0 Å². The number of hydrogen-bond donors (Lipinski definition) is 3. The Bertz CT molecular complexity index is 679. The molecular weight excluding hydrogens is 372 g/mol. The highest BCUT2D eigenvalue weighted by molar-refractivity contribution is 5.82. The summed E-state index contributed by atoms with van der Waals surface area (Å²) in [6.45, 7) is 11.7. The molecule has 0 spiro atoms. The van der Waals surface area contributed by atoms with Crippen LogP contribution in [-0.4, -0.2) is 52.5 Å². The minimum Gasteiger partial charge on any atom is -0.460 e. The van der Waals surface area contributed by atoms with Gasteiger partial charge in [-0.25, -0.2) is 4.79 Å². The Balaban J connectivity index is 2.11. The molecule has 1 unspecified atom stereocenters. The fourth-order valence-electron chi connectivity index (χ4n) is 5.55. The average Bonchev–Trinajstić information content (AvgIpc) is 2.60. The van der Waals surface area contributed by atoms with Crippen LogP contribution in [0.2, 0.25) is 0 Å². The lowest BCUT2D eigenvalue weighted by Gasteiger charge is -2.58. The third-order valence-electron chi connectivity index (χ3n) is 6.92. The van der Waals surface area contributed by atoms with Gasteiger partial charge in [-0.1, -0.05) is 32.9 Å². The lowest BCUT2D eigenvalue weighted by molar-refractivity contribution is -0.142. The summed E-state index contributed by atoms with van der Waals surface area (Å²) in [4.78, 5) is 24.4. The first kappa shape index (κ1) is 23.8. The highest BCUT2D eigenvalue weighted by Gasteiger charge is 2.56. The van der Waals surface area contributed by atoms with Crippen LogP contribution in [0.3, 0.4) is 0 Å². The first-order chi connectivity index (χ1) is 13.4. The van der Waals surface area contributed by atoms with E-state index in [1.807, 2.05) is 6.92 Å². The molecule has 0 amide bonds. The van der Waals surface area contributed by atoms with Crippen molar-refractivity contribution < 1.29 is 29.6 Å². The molecule has 29 heavy (non-hydrogen) atoms. The van der Waals surface area contributed by atoms with E-state index in [-0.39, 0.29) is 35.1 Å². The summed E-state index contributed by atoms with van der Waals surface area (Å²) in [6, 6.07) is 0. The molecule has 5 atom stereocenters. The van der Waals surface area contributed by atoms with Crippen molar-refractivity contribution >= 4 is 11.8 Å². The molecule has 2 saturated carbocycles. The second-order valence-electron chi connectivity index (χ2n) is 9.81. The summed E-state index contributed by atoms with van der Waals surface area (Å²) in [5.41, 5.74) is 1.20. The molecule has 0 aromatic rings. The van der Waals surface area contributed by atoms with E-state index in [1.54, 1.807) is 0 Å². The first-order valence-electron chi connectivity index (χ1n) is 10.4. The highest BCUT2D eigenvalue weighted by Crippen LogP contribution is 2.61. The molecule has 2 fully saturated rings. The minimum absolute atomic E-state index is 0.00430. The molecule has 2 aliphatic rings. The molecule has 0 aliphatic heterocycles. The number of carbonyl (C=O) groups excluding carboxylic acids is 2. The third-order valence-corrected chi connectivity index (χ3v) is 6.92. The molecule has 0 heterocycles. The van der Waals surface area contributed by atoms with Gasteiger partial charge in [0.05, 0.1) is 12.7 Å². The second-order valence-corrected chi connectivity index (χ2v) is 9.81. The average molecular weight is 409 g/mol. The van der Waals surface area contributed by atoms with Gasteiger partial charge in [-0.15, -0.1) is 0 Å². The van der Waals surface area contributed by atoms with Crippen LogP contribution in [0, 0.1) is 22.7 Å². The van der Waals surface area contributed by atoms with Gasteiger partial charge in [0.2, 0.25) is 0 Å². The quantitative estimate of drug-likeness (QED) is 0.340. The summed E-state index contributed by atoms with van der Waals surface area (Å²) in [6.07, 6.45) is 2.74. The fourth-order valence-corrected chi connectivity index (χ4v) is 5.55. The van der Waals surface area contributed by atoms with Gasteiger partial charge in [0.25, 0.3) is 0 Å². The maximum absolute atomic E-state index is 12.5. The maximum Gasteiger partial charge on any atom is 0.330 e. The van der Waals surface area contributed by atoms with E-state index in [1.165, 1.54) is 6.08 Å². The number of ether oxygens (including phenoxy) is 1. The predicted octanol–water partition coefficient (Wildman–Crippen LogP) is 2.56. The minimum atomic E-state index is -1.08. The zero-order valence-corrected chi connectivity index (χ0v) is 18.1. The summed E-state index contributed by atoms with van der Waals surface area (Å²) < 4.78 is 4.91. The van der Waals surface area contributed by atoms with Crippen LogP contribution in [-0.2, 0) is 14.3 Å². The normalized spacial score (nSPS) is 33.2. The molecule has 0 saturated heterocycles. The highest BCUT2D eigenvalue weighted by atomic mass is 16.5. The van der Waals surface area contributed by atoms with E-state index in [0.29, 0.717) is 32.1 Å².